The number of carbonyl (C=O) groups is 1. The van der Waals surface area contributed by atoms with E-state index in [0.29, 0.717) is 39.1 Å². The lowest BCUT2D eigenvalue weighted by Gasteiger charge is -2.42. The molecule has 0 aliphatic carbocycles. The molecular formula is C23H26O5. The van der Waals surface area contributed by atoms with Crippen molar-refractivity contribution in [1.29, 1.82) is 0 Å². The molecule has 2 aromatic rings. The maximum absolute atomic E-state index is 11.7. The fourth-order valence-electron chi connectivity index (χ4n) is 3.76. The Morgan fingerprint density at radius 2 is 1.57 bits per heavy atom. The van der Waals surface area contributed by atoms with Gasteiger partial charge in [0.1, 0.15) is 12.2 Å². The molecule has 2 aromatic carbocycles. The average molecular weight is 382 g/mol. The van der Waals surface area contributed by atoms with E-state index in [2.05, 4.69) is 0 Å². The maximum atomic E-state index is 11.7. The molecule has 4 rings (SSSR count). The van der Waals surface area contributed by atoms with Gasteiger partial charge < -0.3 is 18.9 Å². The van der Waals surface area contributed by atoms with Crippen LogP contribution in [0.4, 0.5) is 0 Å². The predicted molar refractivity (Wildman–Crippen MR) is 104 cm³/mol. The molecule has 0 N–H and O–H groups in total. The molecule has 2 saturated heterocycles. The van der Waals surface area contributed by atoms with Crippen molar-refractivity contribution in [3.63, 3.8) is 0 Å². The van der Waals surface area contributed by atoms with E-state index >= 15 is 0 Å². The zero-order valence-corrected chi connectivity index (χ0v) is 15.9. The highest BCUT2D eigenvalue weighted by Gasteiger charge is 2.43. The number of ether oxygens (including phenoxy) is 4. The zero-order valence-electron chi connectivity index (χ0n) is 15.9. The summed E-state index contributed by atoms with van der Waals surface area (Å²) in [7, 11) is 0. The standard InChI is InChI=1S/C23H26O5/c24-23-12-11-19-21(28-23)13-20(26-15-18-9-5-2-6-10-18)22(27-19)16-25-14-17-7-3-1-4-8-17/h1-10,19-22H,11-16H2/t19-,20-,21+,22+/m0/s1. The molecule has 0 unspecified atom stereocenters. The van der Waals surface area contributed by atoms with Crippen LogP contribution in [0.5, 0.6) is 0 Å². The van der Waals surface area contributed by atoms with Crippen LogP contribution in [0, 0.1) is 0 Å². The van der Waals surface area contributed by atoms with E-state index in [1.807, 2.05) is 60.7 Å². The first-order valence-electron chi connectivity index (χ1n) is 9.90. The number of hydrogen-bond donors (Lipinski definition) is 0. The molecule has 2 fully saturated rings. The first kappa shape index (κ1) is 19.1. The normalized spacial score (nSPS) is 27.1. The van der Waals surface area contributed by atoms with Crippen LogP contribution in [-0.2, 0) is 37.0 Å². The van der Waals surface area contributed by atoms with Crippen LogP contribution in [-0.4, -0.2) is 37.0 Å². The molecule has 148 valence electrons. The number of rotatable bonds is 7. The fraction of sp³-hybridized carbons (Fsp3) is 0.435. The second kappa shape index (κ2) is 9.32. The Hall–Kier alpha value is -2.21. The third-order valence-electron chi connectivity index (χ3n) is 5.26. The Balaban J connectivity index is 1.37. The minimum atomic E-state index is -0.229. The molecule has 2 aliphatic heterocycles. The summed E-state index contributed by atoms with van der Waals surface area (Å²) in [6, 6.07) is 20.1. The van der Waals surface area contributed by atoms with Gasteiger partial charge >= 0.3 is 5.97 Å². The van der Waals surface area contributed by atoms with Crippen LogP contribution in [0.2, 0.25) is 0 Å². The summed E-state index contributed by atoms with van der Waals surface area (Å²) in [4.78, 5) is 11.7. The zero-order chi connectivity index (χ0) is 19.2. The van der Waals surface area contributed by atoms with Crippen LogP contribution in [0.15, 0.2) is 60.7 Å². The molecule has 4 atom stereocenters. The molecule has 0 aromatic heterocycles. The minimum absolute atomic E-state index is 0.0698. The van der Waals surface area contributed by atoms with E-state index in [4.69, 9.17) is 18.9 Å². The van der Waals surface area contributed by atoms with Gasteiger partial charge in [0.05, 0.1) is 32.0 Å². The van der Waals surface area contributed by atoms with Gasteiger partial charge in [0.25, 0.3) is 0 Å². The highest BCUT2D eigenvalue weighted by molar-refractivity contribution is 5.70. The quantitative estimate of drug-likeness (QED) is 0.684. The van der Waals surface area contributed by atoms with Gasteiger partial charge in [0.15, 0.2) is 0 Å². The molecule has 0 spiro atoms. The number of hydrogen-bond acceptors (Lipinski definition) is 5. The summed E-state index contributed by atoms with van der Waals surface area (Å²) < 4.78 is 23.9. The maximum Gasteiger partial charge on any atom is 0.306 e. The summed E-state index contributed by atoms with van der Waals surface area (Å²) in [6.45, 7) is 1.48. The molecule has 0 radical (unpaired) electrons. The largest absolute Gasteiger partial charge is 0.459 e. The second-order valence-electron chi connectivity index (χ2n) is 7.35. The minimum Gasteiger partial charge on any atom is -0.459 e. The molecule has 5 heteroatoms. The molecule has 0 bridgehead atoms. The fourth-order valence-corrected chi connectivity index (χ4v) is 3.76. The van der Waals surface area contributed by atoms with Crippen molar-refractivity contribution in [3.8, 4) is 0 Å². The van der Waals surface area contributed by atoms with Crippen LogP contribution in [0.25, 0.3) is 0 Å². The monoisotopic (exact) mass is 382 g/mol. The summed E-state index contributed by atoms with van der Waals surface area (Å²) in [6.07, 6.45) is 1.10. The smallest absolute Gasteiger partial charge is 0.306 e. The Bertz CT molecular complexity index is 748. The summed E-state index contributed by atoms with van der Waals surface area (Å²) in [5.41, 5.74) is 2.23. The molecule has 0 saturated carbocycles. The first-order valence-corrected chi connectivity index (χ1v) is 9.90. The molecule has 2 heterocycles. The van der Waals surface area contributed by atoms with Crippen LogP contribution in [0.3, 0.4) is 0 Å². The predicted octanol–water partition coefficient (Wildman–Crippen LogP) is 3.65. The highest BCUT2D eigenvalue weighted by atomic mass is 16.6. The van der Waals surface area contributed by atoms with Crippen molar-refractivity contribution in [2.45, 2.75) is 56.9 Å². The van der Waals surface area contributed by atoms with Gasteiger partial charge in [0, 0.05) is 12.8 Å². The van der Waals surface area contributed by atoms with Crippen LogP contribution < -0.4 is 0 Å². The van der Waals surface area contributed by atoms with Crippen molar-refractivity contribution in [2.24, 2.45) is 0 Å². The molecule has 0 amide bonds. The molecular weight excluding hydrogens is 356 g/mol. The van der Waals surface area contributed by atoms with E-state index in [9.17, 15) is 4.79 Å². The lowest BCUT2D eigenvalue weighted by atomic mass is 9.93. The Morgan fingerprint density at radius 1 is 0.893 bits per heavy atom. The van der Waals surface area contributed by atoms with Crippen molar-refractivity contribution in [3.05, 3.63) is 71.8 Å². The Morgan fingerprint density at radius 3 is 2.29 bits per heavy atom. The summed E-state index contributed by atoms with van der Waals surface area (Å²) >= 11 is 0. The Labute approximate surface area is 165 Å². The highest BCUT2D eigenvalue weighted by Crippen LogP contribution is 2.31. The van der Waals surface area contributed by atoms with E-state index < -0.39 is 0 Å². The van der Waals surface area contributed by atoms with Crippen molar-refractivity contribution < 1.29 is 23.7 Å². The number of benzene rings is 2. The van der Waals surface area contributed by atoms with E-state index in [1.165, 1.54) is 0 Å². The summed E-state index contributed by atoms with van der Waals surface area (Å²) in [5, 5.41) is 0. The van der Waals surface area contributed by atoms with Gasteiger partial charge in [-0.2, -0.15) is 0 Å². The third-order valence-corrected chi connectivity index (χ3v) is 5.26. The molecule has 28 heavy (non-hydrogen) atoms. The van der Waals surface area contributed by atoms with Gasteiger partial charge in [-0.3, -0.25) is 4.79 Å². The molecule has 2 aliphatic rings. The Kier molecular flexibility index (Phi) is 6.37. The lowest BCUT2D eigenvalue weighted by molar-refractivity contribution is -0.225. The van der Waals surface area contributed by atoms with Crippen LogP contribution >= 0.6 is 0 Å². The van der Waals surface area contributed by atoms with Gasteiger partial charge in [-0.1, -0.05) is 60.7 Å². The number of esters is 1. The number of fused-ring (bicyclic) bond motifs is 1. The van der Waals surface area contributed by atoms with Gasteiger partial charge in [-0.15, -0.1) is 0 Å². The van der Waals surface area contributed by atoms with Crippen molar-refractivity contribution in [1.82, 2.24) is 0 Å². The van der Waals surface area contributed by atoms with Gasteiger partial charge in [-0.05, 0) is 17.5 Å². The average Bonchev–Trinajstić information content (AvgIpc) is 2.74. The second-order valence-corrected chi connectivity index (χ2v) is 7.35. The number of carbonyl (C=O) groups excluding carboxylic acids is 1. The van der Waals surface area contributed by atoms with Crippen molar-refractivity contribution in [2.75, 3.05) is 6.61 Å². The van der Waals surface area contributed by atoms with Gasteiger partial charge in [0.2, 0.25) is 0 Å². The van der Waals surface area contributed by atoms with E-state index in [0.717, 1.165) is 11.1 Å². The lowest BCUT2D eigenvalue weighted by Crippen LogP contribution is -2.53. The molecule has 5 nitrogen and oxygen atoms in total. The van der Waals surface area contributed by atoms with E-state index in [1.54, 1.807) is 0 Å². The topological polar surface area (TPSA) is 54.0 Å². The first-order chi connectivity index (χ1) is 13.8. The van der Waals surface area contributed by atoms with E-state index in [-0.39, 0.29) is 30.4 Å². The SMILES string of the molecule is O=C1CC[C@@H]2O[C@H](COCc3ccccc3)[C@@H](OCc3ccccc3)C[C@H]2O1. The van der Waals surface area contributed by atoms with Gasteiger partial charge in [-0.25, -0.2) is 0 Å². The third kappa shape index (κ3) is 4.98. The van der Waals surface area contributed by atoms with Crippen LogP contribution in [0.1, 0.15) is 30.4 Å². The van der Waals surface area contributed by atoms with Crippen molar-refractivity contribution >= 4 is 5.97 Å². The summed E-state index contributed by atoms with van der Waals surface area (Å²) in [5.74, 6) is -0.148.